The van der Waals surface area contributed by atoms with E-state index < -0.39 is 37.7 Å². The van der Waals surface area contributed by atoms with Gasteiger partial charge in [-0.25, -0.2) is 0 Å². The topological polar surface area (TPSA) is 18.5 Å². The quantitative estimate of drug-likeness (QED) is 0.807. The molecule has 0 unspecified atom stereocenters. The van der Waals surface area contributed by atoms with E-state index in [0.717, 1.165) is 17.0 Å². The molecule has 0 saturated carbocycles. The van der Waals surface area contributed by atoms with Crippen LogP contribution in [-0.2, 0) is 6.18 Å². The molecule has 2 aliphatic rings. The molecule has 0 radical (unpaired) electrons. The largest absolute Gasteiger partial charge is 0.416 e. The molecule has 0 bridgehead atoms. The molecule has 1 fully saturated rings. The first-order valence-corrected chi connectivity index (χ1v) is 9.13. The molecule has 0 aliphatic carbocycles. The van der Waals surface area contributed by atoms with Gasteiger partial charge in [0.25, 0.3) is 0 Å². The van der Waals surface area contributed by atoms with E-state index in [0.29, 0.717) is 21.2 Å². The molecule has 1 N–H and O–H groups in total. The second kappa shape index (κ2) is 7.73. The first-order chi connectivity index (χ1) is 16.0. The molecule has 0 aromatic heterocycles. The lowest BCUT2D eigenvalue weighted by Gasteiger charge is -2.34. The Morgan fingerprint density at radius 1 is 1.00 bits per heavy atom. The van der Waals surface area contributed by atoms with Gasteiger partial charge in [-0.15, -0.1) is 0 Å². The summed E-state index contributed by atoms with van der Waals surface area (Å²) in [6, 6.07) is 10.5. The molecule has 2 aliphatic heterocycles. The van der Waals surface area contributed by atoms with E-state index in [-0.39, 0.29) is 19.5 Å². The molecule has 2 heterocycles. The predicted octanol–water partition coefficient (Wildman–Crippen LogP) is 4.60. The zero-order valence-electron chi connectivity index (χ0n) is 22.1. The standard InChI is InChI=1S/C20H22F3N3S/c21-20(22,23)15-6-7-19-17(14-15)26(16-4-1-2-5-18(16)27-19)11-3-10-25-12-8-24-9-13-25/h1-2,4-7,14,24H,3,8-13H2/i8D2,9D2,12D2,13D2. The number of nitrogens with zero attached hydrogens (tertiary/aromatic N) is 2. The Balaban J connectivity index is 1.65. The van der Waals surface area contributed by atoms with E-state index >= 15 is 0 Å². The number of para-hydroxylation sites is 1. The maximum Gasteiger partial charge on any atom is 0.416 e. The van der Waals surface area contributed by atoms with Crippen molar-refractivity contribution in [1.82, 2.24) is 10.2 Å². The van der Waals surface area contributed by atoms with E-state index in [4.69, 9.17) is 11.0 Å². The summed E-state index contributed by atoms with van der Waals surface area (Å²) < 4.78 is 105. The van der Waals surface area contributed by atoms with E-state index in [2.05, 4.69) is 0 Å². The lowest BCUT2D eigenvalue weighted by molar-refractivity contribution is -0.137. The molecule has 144 valence electrons. The Bertz CT molecular complexity index is 1100. The van der Waals surface area contributed by atoms with Gasteiger partial charge in [-0.2, -0.15) is 13.2 Å². The summed E-state index contributed by atoms with van der Waals surface area (Å²) in [6.45, 7) is -11.9. The lowest BCUT2D eigenvalue weighted by Crippen LogP contribution is -2.44. The van der Waals surface area contributed by atoms with Crippen molar-refractivity contribution >= 4 is 23.1 Å². The second-order valence-electron chi connectivity index (χ2n) is 6.01. The van der Waals surface area contributed by atoms with Crippen LogP contribution in [0.3, 0.4) is 0 Å². The molecule has 3 nitrogen and oxygen atoms in total. The third-order valence-corrected chi connectivity index (χ3v) is 5.35. The summed E-state index contributed by atoms with van der Waals surface area (Å²) in [5.74, 6) is 0. The van der Waals surface area contributed by atoms with Gasteiger partial charge in [0, 0.05) is 53.3 Å². The van der Waals surface area contributed by atoms with Crippen LogP contribution in [0.2, 0.25) is 0 Å². The van der Waals surface area contributed by atoms with Crippen molar-refractivity contribution in [2.75, 3.05) is 44.0 Å². The maximum atomic E-state index is 13.4. The lowest BCUT2D eigenvalue weighted by atomic mass is 10.1. The first-order valence-electron chi connectivity index (χ1n) is 12.3. The van der Waals surface area contributed by atoms with Crippen LogP contribution < -0.4 is 10.2 Å². The van der Waals surface area contributed by atoms with E-state index in [1.165, 1.54) is 17.8 Å². The maximum absolute atomic E-state index is 13.4. The Morgan fingerprint density at radius 3 is 2.52 bits per heavy atom. The van der Waals surface area contributed by atoms with Crippen LogP contribution in [0.15, 0.2) is 52.3 Å². The van der Waals surface area contributed by atoms with Crippen molar-refractivity contribution in [3.8, 4) is 0 Å². The fourth-order valence-corrected chi connectivity index (χ4v) is 4.07. The number of piperazine rings is 1. The van der Waals surface area contributed by atoms with E-state index in [1.807, 2.05) is 6.07 Å². The van der Waals surface area contributed by atoms with Crippen LogP contribution >= 0.6 is 11.8 Å². The minimum atomic E-state index is -4.55. The van der Waals surface area contributed by atoms with Crippen molar-refractivity contribution in [2.24, 2.45) is 0 Å². The predicted molar refractivity (Wildman–Crippen MR) is 103 cm³/mol. The molecule has 0 amide bonds. The fourth-order valence-electron chi connectivity index (χ4n) is 3.00. The number of benzene rings is 2. The van der Waals surface area contributed by atoms with E-state index in [9.17, 15) is 13.2 Å². The summed E-state index contributed by atoms with van der Waals surface area (Å²) in [6.07, 6.45) is -4.54. The molecule has 2 aromatic rings. The highest BCUT2D eigenvalue weighted by molar-refractivity contribution is 7.99. The van der Waals surface area contributed by atoms with Crippen LogP contribution in [0.4, 0.5) is 24.5 Å². The molecular formula is C20H22F3N3S. The Labute approximate surface area is 172 Å². The first kappa shape index (κ1) is 11.3. The number of hydrogen-bond acceptors (Lipinski definition) is 4. The van der Waals surface area contributed by atoms with Crippen LogP contribution in [0.25, 0.3) is 0 Å². The van der Waals surface area contributed by atoms with Crippen LogP contribution in [0, 0.1) is 0 Å². The zero-order chi connectivity index (χ0) is 26.0. The third-order valence-electron chi connectivity index (χ3n) is 4.22. The molecule has 2 aromatic carbocycles. The smallest absolute Gasteiger partial charge is 0.340 e. The Kier molecular flexibility index (Phi) is 3.25. The average Bonchev–Trinajstić information content (AvgIpc) is 2.72. The molecule has 27 heavy (non-hydrogen) atoms. The van der Waals surface area contributed by atoms with Gasteiger partial charge < -0.3 is 15.1 Å². The van der Waals surface area contributed by atoms with E-state index in [1.54, 1.807) is 28.4 Å². The Hall–Kier alpha value is -1.70. The van der Waals surface area contributed by atoms with Gasteiger partial charge in [0.05, 0.1) is 16.9 Å². The van der Waals surface area contributed by atoms with Crippen molar-refractivity contribution in [3.05, 3.63) is 48.0 Å². The summed E-state index contributed by atoms with van der Waals surface area (Å²) in [7, 11) is 0. The van der Waals surface area contributed by atoms with Crippen molar-refractivity contribution in [2.45, 2.75) is 22.4 Å². The van der Waals surface area contributed by atoms with Gasteiger partial charge >= 0.3 is 6.18 Å². The summed E-state index contributed by atoms with van der Waals surface area (Å²) in [5.41, 5.74) is 0.124. The molecule has 7 heteroatoms. The fraction of sp³-hybridized carbons (Fsp3) is 0.400. The number of nitrogens with one attached hydrogen (secondary N) is 1. The number of fused-ring (bicyclic) bond motifs is 2. The number of anilines is 2. The van der Waals surface area contributed by atoms with Gasteiger partial charge in [0.2, 0.25) is 0 Å². The summed E-state index contributed by atoms with van der Waals surface area (Å²) in [5, 5.41) is 1.78. The van der Waals surface area contributed by atoms with Gasteiger partial charge in [-0.1, -0.05) is 23.9 Å². The summed E-state index contributed by atoms with van der Waals surface area (Å²) in [4.78, 5) is 3.55. The van der Waals surface area contributed by atoms with Crippen molar-refractivity contribution in [3.63, 3.8) is 0 Å². The highest BCUT2D eigenvalue weighted by Crippen LogP contribution is 2.49. The zero-order valence-corrected chi connectivity index (χ0v) is 14.9. The number of alkyl halides is 3. The van der Waals surface area contributed by atoms with Crippen molar-refractivity contribution < 1.29 is 24.1 Å². The van der Waals surface area contributed by atoms with Crippen LogP contribution in [0.5, 0.6) is 0 Å². The molecule has 4 rings (SSSR count). The SMILES string of the molecule is [2H]C1([2H])NC([2H])([2H])C([2H])([2H])N(CCCN2c3ccccc3Sc3ccc(C(F)(F)F)cc32)C1([2H])[2H]. The number of halogens is 3. The van der Waals surface area contributed by atoms with Gasteiger partial charge in [-0.3, -0.25) is 0 Å². The van der Waals surface area contributed by atoms with Gasteiger partial charge in [0.15, 0.2) is 0 Å². The molecule has 1 saturated heterocycles. The number of rotatable bonds is 4. The summed E-state index contributed by atoms with van der Waals surface area (Å²) >= 11 is 1.32. The Morgan fingerprint density at radius 2 is 1.74 bits per heavy atom. The van der Waals surface area contributed by atoms with Crippen molar-refractivity contribution in [1.29, 1.82) is 0 Å². The third kappa shape index (κ3) is 4.10. The minimum absolute atomic E-state index is 0.0138. The minimum Gasteiger partial charge on any atom is -0.340 e. The van der Waals surface area contributed by atoms with Crippen LogP contribution in [0.1, 0.15) is 23.0 Å². The number of hydrogen-bond donors (Lipinski definition) is 1. The van der Waals surface area contributed by atoms with Gasteiger partial charge in [-0.05, 0) is 43.3 Å². The monoisotopic (exact) mass is 401 g/mol. The van der Waals surface area contributed by atoms with Crippen LogP contribution in [-0.4, -0.2) is 44.0 Å². The van der Waals surface area contributed by atoms with Gasteiger partial charge in [0.1, 0.15) is 0 Å². The molecule has 0 spiro atoms. The normalized spacial score (nSPS) is 29.4. The molecule has 0 atom stereocenters. The highest BCUT2D eigenvalue weighted by Gasteiger charge is 2.33. The highest BCUT2D eigenvalue weighted by atomic mass is 32.2. The second-order valence-corrected chi connectivity index (χ2v) is 7.09. The average molecular weight is 402 g/mol. The molecular weight excluding hydrogens is 371 g/mol.